The highest BCUT2D eigenvalue weighted by Gasteiger charge is 2.37. The summed E-state index contributed by atoms with van der Waals surface area (Å²) in [5.41, 5.74) is 1.08. The highest BCUT2D eigenvalue weighted by molar-refractivity contribution is 5.80. The maximum Gasteiger partial charge on any atom is 0.226 e. The van der Waals surface area contributed by atoms with Crippen molar-refractivity contribution < 1.29 is 9.53 Å². The molecular formula is C21H26N4O2. The lowest BCUT2D eigenvalue weighted by atomic mass is 9.95. The van der Waals surface area contributed by atoms with Crippen molar-refractivity contribution in [2.75, 3.05) is 25.1 Å². The van der Waals surface area contributed by atoms with Gasteiger partial charge in [0.2, 0.25) is 11.9 Å². The number of carbonyl (C=O) groups excluding carboxylic acids is 1. The molecule has 142 valence electrons. The number of ether oxygens (including phenoxy) is 1. The smallest absolute Gasteiger partial charge is 0.226 e. The number of para-hydroxylation sites is 1. The van der Waals surface area contributed by atoms with Crippen molar-refractivity contribution in [3.63, 3.8) is 0 Å². The molecule has 2 heterocycles. The van der Waals surface area contributed by atoms with Gasteiger partial charge in [-0.05, 0) is 37.8 Å². The number of methoxy groups -OCH3 is 1. The molecule has 1 aliphatic carbocycles. The largest absolute Gasteiger partial charge is 0.496 e. The molecule has 27 heavy (non-hydrogen) atoms. The number of amides is 1. The molecule has 1 saturated carbocycles. The Morgan fingerprint density at radius 3 is 2.48 bits per heavy atom. The van der Waals surface area contributed by atoms with Crippen molar-refractivity contribution in [3.8, 4) is 5.75 Å². The van der Waals surface area contributed by atoms with Gasteiger partial charge in [0, 0.05) is 49.6 Å². The zero-order valence-corrected chi connectivity index (χ0v) is 15.8. The highest BCUT2D eigenvalue weighted by atomic mass is 16.5. The number of benzene rings is 1. The van der Waals surface area contributed by atoms with Gasteiger partial charge in [-0.2, -0.15) is 0 Å². The molecule has 1 amide bonds. The lowest BCUT2D eigenvalue weighted by Gasteiger charge is -2.34. The minimum absolute atomic E-state index is 0.0836. The monoisotopic (exact) mass is 366 g/mol. The summed E-state index contributed by atoms with van der Waals surface area (Å²) in [5, 5.41) is 0. The predicted molar refractivity (Wildman–Crippen MR) is 104 cm³/mol. The van der Waals surface area contributed by atoms with Gasteiger partial charge in [-0.1, -0.05) is 18.2 Å². The normalized spacial score (nSPS) is 17.6. The molecular weight excluding hydrogens is 340 g/mol. The van der Waals surface area contributed by atoms with E-state index in [2.05, 4.69) is 25.8 Å². The van der Waals surface area contributed by atoms with Gasteiger partial charge in [0.25, 0.3) is 0 Å². The highest BCUT2D eigenvalue weighted by Crippen LogP contribution is 2.33. The van der Waals surface area contributed by atoms with E-state index in [1.54, 1.807) is 19.5 Å². The SMILES string of the molecule is COc1ccccc1CN(C(=O)C1CCN(c2ncccn2)CC1)C1CC1. The molecule has 2 fully saturated rings. The van der Waals surface area contributed by atoms with Gasteiger partial charge in [0.05, 0.1) is 7.11 Å². The van der Waals surface area contributed by atoms with Crippen LogP contribution in [0.4, 0.5) is 5.95 Å². The second-order valence-electron chi connectivity index (χ2n) is 7.32. The standard InChI is InChI=1S/C21H26N4O2/c1-27-19-6-3-2-5-17(19)15-25(18-7-8-18)20(26)16-9-13-24(14-10-16)21-22-11-4-12-23-21/h2-6,11-12,16,18H,7-10,13-15H2,1H3. The number of aromatic nitrogens is 2. The van der Waals surface area contributed by atoms with Crippen LogP contribution in [0.3, 0.4) is 0 Å². The Morgan fingerprint density at radius 1 is 1.11 bits per heavy atom. The average Bonchev–Trinajstić information content (AvgIpc) is 3.58. The van der Waals surface area contributed by atoms with Crippen LogP contribution in [-0.4, -0.2) is 47.0 Å². The van der Waals surface area contributed by atoms with E-state index in [4.69, 9.17) is 4.74 Å². The fourth-order valence-corrected chi connectivity index (χ4v) is 3.81. The van der Waals surface area contributed by atoms with Crippen LogP contribution < -0.4 is 9.64 Å². The molecule has 1 aromatic heterocycles. The first-order valence-corrected chi connectivity index (χ1v) is 9.70. The van der Waals surface area contributed by atoms with Crippen molar-refractivity contribution in [1.82, 2.24) is 14.9 Å². The summed E-state index contributed by atoms with van der Waals surface area (Å²) in [7, 11) is 1.68. The van der Waals surface area contributed by atoms with Crippen molar-refractivity contribution in [1.29, 1.82) is 0 Å². The molecule has 6 heteroatoms. The Bertz CT molecular complexity index is 771. The molecule has 0 spiro atoms. The van der Waals surface area contributed by atoms with Gasteiger partial charge in [0.1, 0.15) is 5.75 Å². The predicted octanol–water partition coefficient (Wildman–Crippen LogP) is 2.89. The number of piperidine rings is 1. The summed E-state index contributed by atoms with van der Waals surface area (Å²) < 4.78 is 5.48. The fraction of sp³-hybridized carbons (Fsp3) is 0.476. The maximum atomic E-state index is 13.3. The van der Waals surface area contributed by atoms with Crippen molar-refractivity contribution >= 4 is 11.9 Å². The summed E-state index contributed by atoms with van der Waals surface area (Å²) in [6, 6.07) is 10.2. The minimum atomic E-state index is 0.0836. The number of nitrogens with zero attached hydrogens (tertiary/aromatic N) is 4. The van der Waals surface area contributed by atoms with Crippen molar-refractivity contribution in [2.24, 2.45) is 5.92 Å². The van der Waals surface area contributed by atoms with E-state index in [-0.39, 0.29) is 11.8 Å². The van der Waals surface area contributed by atoms with E-state index < -0.39 is 0 Å². The second kappa shape index (κ2) is 7.94. The molecule has 0 atom stereocenters. The maximum absolute atomic E-state index is 13.3. The summed E-state index contributed by atoms with van der Waals surface area (Å²) in [6.45, 7) is 2.29. The third kappa shape index (κ3) is 4.04. The Kier molecular flexibility index (Phi) is 5.23. The Hall–Kier alpha value is -2.63. The van der Waals surface area contributed by atoms with Crippen molar-refractivity contribution in [3.05, 3.63) is 48.3 Å². The average molecular weight is 366 g/mol. The number of hydrogen-bond acceptors (Lipinski definition) is 5. The van der Waals surface area contributed by atoms with Gasteiger partial charge in [-0.3, -0.25) is 4.79 Å². The number of hydrogen-bond donors (Lipinski definition) is 0. The van der Waals surface area contributed by atoms with E-state index in [0.717, 1.165) is 56.0 Å². The first kappa shape index (κ1) is 17.8. The molecule has 2 aromatic rings. The lowest BCUT2D eigenvalue weighted by Crippen LogP contribution is -2.43. The molecule has 0 N–H and O–H groups in total. The van der Waals surface area contributed by atoms with E-state index in [1.165, 1.54) is 0 Å². The molecule has 0 bridgehead atoms. The van der Waals surface area contributed by atoms with Gasteiger partial charge < -0.3 is 14.5 Å². The number of carbonyl (C=O) groups is 1. The van der Waals surface area contributed by atoms with Crippen LogP contribution in [0.15, 0.2) is 42.7 Å². The van der Waals surface area contributed by atoms with Crippen molar-refractivity contribution in [2.45, 2.75) is 38.3 Å². The van der Waals surface area contributed by atoms with Crippen LogP contribution in [0.1, 0.15) is 31.2 Å². The Labute approximate surface area is 160 Å². The van der Waals surface area contributed by atoms with Crippen LogP contribution in [0, 0.1) is 5.92 Å². The topological polar surface area (TPSA) is 58.6 Å². The molecule has 6 nitrogen and oxygen atoms in total. The molecule has 2 aliphatic rings. The van der Waals surface area contributed by atoms with E-state index in [0.29, 0.717) is 12.6 Å². The first-order chi connectivity index (χ1) is 13.3. The Morgan fingerprint density at radius 2 is 1.81 bits per heavy atom. The fourth-order valence-electron chi connectivity index (χ4n) is 3.81. The molecule has 1 aliphatic heterocycles. The summed E-state index contributed by atoms with van der Waals surface area (Å²) in [6.07, 6.45) is 7.46. The van der Waals surface area contributed by atoms with E-state index in [1.807, 2.05) is 24.3 Å². The summed E-state index contributed by atoms with van der Waals surface area (Å²) in [4.78, 5) is 26.2. The molecule has 1 aromatic carbocycles. The van der Waals surface area contributed by atoms with Gasteiger partial charge in [-0.25, -0.2) is 9.97 Å². The molecule has 0 radical (unpaired) electrons. The third-order valence-corrected chi connectivity index (χ3v) is 5.48. The molecule has 0 unspecified atom stereocenters. The van der Waals surface area contributed by atoms with Crippen LogP contribution in [-0.2, 0) is 11.3 Å². The number of rotatable bonds is 6. The molecule has 4 rings (SSSR count). The van der Waals surface area contributed by atoms with Crippen LogP contribution in [0.25, 0.3) is 0 Å². The zero-order valence-electron chi connectivity index (χ0n) is 15.8. The van der Waals surface area contributed by atoms with Gasteiger partial charge in [0.15, 0.2) is 0 Å². The first-order valence-electron chi connectivity index (χ1n) is 9.70. The summed E-state index contributed by atoms with van der Waals surface area (Å²) in [5.74, 6) is 1.99. The molecule has 1 saturated heterocycles. The van der Waals surface area contributed by atoms with E-state index in [9.17, 15) is 4.79 Å². The van der Waals surface area contributed by atoms with Crippen LogP contribution in [0.2, 0.25) is 0 Å². The van der Waals surface area contributed by atoms with Gasteiger partial charge in [-0.15, -0.1) is 0 Å². The second-order valence-corrected chi connectivity index (χ2v) is 7.32. The Balaban J connectivity index is 1.41. The summed E-state index contributed by atoms with van der Waals surface area (Å²) >= 11 is 0. The number of anilines is 1. The van der Waals surface area contributed by atoms with Crippen LogP contribution in [0.5, 0.6) is 5.75 Å². The van der Waals surface area contributed by atoms with Gasteiger partial charge >= 0.3 is 0 Å². The zero-order chi connectivity index (χ0) is 18.6. The van der Waals surface area contributed by atoms with E-state index >= 15 is 0 Å². The third-order valence-electron chi connectivity index (χ3n) is 5.48. The lowest BCUT2D eigenvalue weighted by molar-refractivity contribution is -0.137. The minimum Gasteiger partial charge on any atom is -0.496 e. The quantitative estimate of drug-likeness (QED) is 0.787. The van der Waals surface area contributed by atoms with Crippen LogP contribution >= 0.6 is 0 Å².